The normalized spacial score (nSPS) is 19.4. The van der Waals surface area contributed by atoms with Gasteiger partial charge in [-0.2, -0.15) is 0 Å². The molecule has 0 atom stereocenters. The Hall–Kier alpha value is -1.57. The van der Waals surface area contributed by atoms with Gasteiger partial charge in [-0.15, -0.1) is 0 Å². The van der Waals surface area contributed by atoms with Crippen LogP contribution in [0.1, 0.15) is 24.8 Å². The maximum atomic E-state index is 11.1. The van der Waals surface area contributed by atoms with E-state index in [2.05, 4.69) is 5.32 Å². The molecule has 0 saturated carbocycles. The molecule has 2 heteroatoms. The van der Waals surface area contributed by atoms with E-state index in [1.165, 1.54) is 0 Å². The number of hydrogen-bond donors (Lipinski definition) is 1. The van der Waals surface area contributed by atoms with Crippen LogP contribution in [0.2, 0.25) is 0 Å². The van der Waals surface area contributed by atoms with Crippen molar-refractivity contribution in [1.82, 2.24) is 5.32 Å². The van der Waals surface area contributed by atoms with Gasteiger partial charge < -0.3 is 5.32 Å². The van der Waals surface area contributed by atoms with Gasteiger partial charge in [-0.1, -0.05) is 30.3 Å². The number of piperidine rings is 1. The summed E-state index contributed by atoms with van der Waals surface area (Å²) in [4.78, 5) is 11.1. The van der Waals surface area contributed by atoms with Crippen molar-refractivity contribution in [1.29, 1.82) is 0 Å². The zero-order chi connectivity index (χ0) is 9.80. The minimum absolute atomic E-state index is 0.137. The van der Waals surface area contributed by atoms with Gasteiger partial charge in [0.25, 0.3) is 0 Å². The third-order valence-corrected chi connectivity index (χ3v) is 2.29. The lowest BCUT2D eigenvalue weighted by Crippen LogP contribution is -2.26. The highest BCUT2D eigenvalue weighted by atomic mass is 16.1. The van der Waals surface area contributed by atoms with Gasteiger partial charge in [0.2, 0.25) is 5.91 Å². The fourth-order valence-electron chi connectivity index (χ4n) is 1.60. The van der Waals surface area contributed by atoms with Crippen LogP contribution in [0.15, 0.2) is 36.0 Å². The first kappa shape index (κ1) is 9.00. The molecule has 0 spiro atoms. The first-order chi connectivity index (χ1) is 6.84. The van der Waals surface area contributed by atoms with E-state index >= 15 is 0 Å². The summed E-state index contributed by atoms with van der Waals surface area (Å²) in [6.07, 6.45) is 4.63. The first-order valence-electron chi connectivity index (χ1n) is 4.90. The molecule has 1 fully saturated rings. The van der Waals surface area contributed by atoms with Crippen molar-refractivity contribution in [2.45, 2.75) is 19.3 Å². The maximum absolute atomic E-state index is 11.1. The van der Waals surface area contributed by atoms with Crippen molar-refractivity contribution in [3.05, 3.63) is 41.6 Å². The molecule has 1 aromatic carbocycles. The Morgan fingerprint density at radius 2 is 1.93 bits per heavy atom. The summed E-state index contributed by atoms with van der Waals surface area (Å²) in [6.45, 7) is 0. The molecule has 1 aliphatic rings. The van der Waals surface area contributed by atoms with Crippen LogP contribution < -0.4 is 5.32 Å². The van der Waals surface area contributed by atoms with Crippen molar-refractivity contribution in [2.75, 3.05) is 0 Å². The van der Waals surface area contributed by atoms with E-state index in [1.54, 1.807) is 0 Å². The molecule has 1 heterocycles. The lowest BCUT2D eigenvalue weighted by molar-refractivity contribution is -0.121. The Balaban J connectivity index is 2.14. The molecule has 72 valence electrons. The van der Waals surface area contributed by atoms with Crippen LogP contribution in [-0.4, -0.2) is 5.91 Å². The van der Waals surface area contributed by atoms with Gasteiger partial charge in [-0.25, -0.2) is 0 Å². The van der Waals surface area contributed by atoms with E-state index in [0.717, 1.165) is 24.1 Å². The molecule has 0 unspecified atom stereocenters. The molecule has 0 bridgehead atoms. The highest BCUT2D eigenvalue weighted by Crippen LogP contribution is 2.14. The molecular weight excluding hydrogens is 174 g/mol. The van der Waals surface area contributed by atoms with Crippen molar-refractivity contribution in [3.8, 4) is 0 Å². The Morgan fingerprint density at radius 1 is 1.14 bits per heavy atom. The number of carbonyl (C=O) groups is 1. The first-order valence-corrected chi connectivity index (χ1v) is 4.90. The molecule has 0 aromatic heterocycles. The summed E-state index contributed by atoms with van der Waals surface area (Å²) in [5.41, 5.74) is 2.18. The van der Waals surface area contributed by atoms with E-state index in [-0.39, 0.29) is 5.91 Å². The van der Waals surface area contributed by atoms with Crippen molar-refractivity contribution < 1.29 is 4.79 Å². The van der Waals surface area contributed by atoms with Crippen LogP contribution in [0.5, 0.6) is 0 Å². The fourth-order valence-corrected chi connectivity index (χ4v) is 1.60. The molecular formula is C12H13NO. The second-order valence-corrected chi connectivity index (χ2v) is 3.48. The van der Waals surface area contributed by atoms with Gasteiger partial charge in [0.1, 0.15) is 0 Å². The van der Waals surface area contributed by atoms with Crippen LogP contribution in [-0.2, 0) is 4.79 Å². The number of rotatable bonds is 1. The summed E-state index contributed by atoms with van der Waals surface area (Å²) in [5.74, 6) is 0.137. The predicted molar refractivity (Wildman–Crippen MR) is 56.4 cm³/mol. The van der Waals surface area contributed by atoms with Crippen molar-refractivity contribution in [2.24, 2.45) is 0 Å². The van der Waals surface area contributed by atoms with Gasteiger partial charge in [0, 0.05) is 12.1 Å². The van der Waals surface area contributed by atoms with Crippen molar-refractivity contribution in [3.63, 3.8) is 0 Å². The van der Waals surface area contributed by atoms with E-state index < -0.39 is 0 Å². The molecule has 0 aliphatic carbocycles. The molecule has 1 N–H and O–H groups in total. The monoisotopic (exact) mass is 187 g/mol. The summed E-state index contributed by atoms with van der Waals surface area (Å²) in [5, 5.41) is 2.89. The highest BCUT2D eigenvalue weighted by molar-refractivity contribution is 5.80. The van der Waals surface area contributed by atoms with E-state index in [4.69, 9.17) is 0 Å². The Labute approximate surface area is 83.6 Å². The predicted octanol–water partition coefficient (Wildman–Crippen LogP) is 2.33. The number of carbonyl (C=O) groups excluding carboxylic acids is 1. The Morgan fingerprint density at radius 3 is 2.64 bits per heavy atom. The van der Waals surface area contributed by atoms with Crippen LogP contribution in [0, 0.1) is 0 Å². The number of amides is 1. The number of hydrogen-bond acceptors (Lipinski definition) is 1. The van der Waals surface area contributed by atoms with Crippen molar-refractivity contribution >= 4 is 12.0 Å². The topological polar surface area (TPSA) is 29.1 Å². The molecule has 1 aliphatic heterocycles. The van der Waals surface area contributed by atoms with E-state index in [0.29, 0.717) is 6.42 Å². The third-order valence-electron chi connectivity index (χ3n) is 2.29. The largest absolute Gasteiger partial charge is 0.330 e. The average Bonchev–Trinajstić information content (AvgIpc) is 2.19. The van der Waals surface area contributed by atoms with Gasteiger partial charge in [0.15, 0.2) is 0 Å². The number of allylic oxidation sites excluding steroid dienone is 1. The van der Waals surface area contributed by atoms with Gasteiger partial charge in [-0.3, -0.25) is 4.79 Å². The van der Waals surface area contributed by atoms with Gasteiger partial charge in [-0.05, 0) is 24.5 Å². The van der Waals surface area contributed by atoms with Gasteiger partial charge >= 0.3 is 0 Å². The average molecular weight is 187 g/mol. The summed E-state index contributed by atoms with van der Waals surface area (Å²) >= 11 is 0. The minimum atomic E-state index is 0.137. The molecule has 0 radical (unpaired) electrons. The molecule has 14 heavy (non-hydrogen) atoms. The van der Waals surface area contributed by atoms with Crippen LogP contribution >= 0.6 is 0 Å². The Kier molecular flexibility index (Phi) is 2.63. The second kappa shape index (κ2) is 4.09. The summed E-state index contributed by atoms with van der Waals surface area (Å²) < 4.78 is 0. The van der Waals surface area contributed by atoms with Crippen LogP contribution in [0.25, 0.3) is 6.08 Å². The van der Waals surface area contributed by atoms with Gasteiger partial charge in [0.05, 0.1) is 0 Å². The minimum Gasteiger partial charge on any atom is -0.330 e. The lowest BCUT2D eigenvalue weighted by Gasteiger charge is -2.15. The number of benzene rings is 1. The highest BCUT2D eigenvalue weighted by Gasteiger charge is 2.10. The maximum Gasteiger partial charge on any atom is 0.224 e. The summed E-state index contributed by atoms with van der Waals surface area (Å²) in [6, 6.07) is 10.1. The molecule has 1 saturated heterocycles. The molecule has 2 rings (SSSR count). The zero-order valence-electron chi connectivity index (χ0n) is 7.99. The zero-order valence-corrected chi connectivity index (χ0v) is 7.99. The Bertz CT molecular complexity index is 354. The third kappa shape index (κ3) is 2.22. The van der Waals surface area contributed by atoms with E-state index in [1.807, 2.05) is 36.4 Å². The van der Waals surface area contributed by atoms with E-state index in [9.17, 15) is 4.79 Å². The number of nitrogens with one attached hydrogen (secondary N) is 1. The molecule has 1 aromatic rings. The summed E-state index contributed by atoms with van der Waals surface area (Å²) in [7, 11) is 0. The standard InChI is InChI=1S/C12H13NO/c14-12-8-4-7-11(13-12)9-10-5-2-1-3-6-10/h1-3,5-6,9H,4,7-8H2,(H,13,14)/b11-9+. The molecule has 1 amide bonds. The fraction of sp³-hybridized carbons (Fsp3) is 0.250. The quantitative estimate of drug-likeness (QED) is 0.718. The molecule has 2 nitrogen and oxygen atoms in total. The SMILES string of the molecule is O=C1CCC/C(=C\c2ccccc2)N1. The van der Waals surface area contributed by atoms with Crippen LogP contribution in [0.4, 0.5) is 0 Å². The van der Waals surface area contributed by atoms with Crippen LogP contribution in [0.3, 0.4) is 0 Å². The second-order valence-electron chi connectivity index (χ2n) is 3.48. The smallest absolute Gasteiger partial charge is 0.224 e. The lowest BCUT2D eigenvalue weighted by atomic mass is 10.1.